The van der Waals surface area contributed by atoms with E-state index in [1.807, 2.05) is 6.07 Å². The highest BCUT2D eigenvalue weighted by Crippen LogP contribution is 2.31. The van der Waals surface area contributed by atoms with Gasteiger partial charge in [-0.15, -0.1) is 0 Å². The maximum Gasteiger partial charge on any atom is 0.134 e. The van der Waals surface area contributed by atoms with Gasteiger partial charge in [-0.2, -0.15) is 5.10 Å². The molecule has 3 N–H and O–H groups in total. The number of nitrogens with two attached hydrogens (primary N) is 1. The zero-order chi connectivity index (χ0) is 15.8. The predicted molar refractivity (Wildman–Crippen MR) is 85.2 cm³/mol. The van der Waals surface area contributed by atoms with Crippen molar-refractivity contribution in [1.29, 1.82) is 0 Å². The molecule has 116 valence electrons. The summed E-state index contributed by atoms with van der Waals surface area (Å²) in [4.78, 5) is 10.3. The largest absolute Gasteiger partial charge is 0.384 e. The van der Waals surface area contributed by atoms with Crippen molar-refractivity contribution in [2.75, 3.05) is 17.2 Å². The highest BCUT2D eigenvalue weighted by Gasteiger charge is 2.24. The number of rotatable bonds is 2. The number of H-pyrrole nitrogens is 1. The van der Waals surface area contributed by atoms with Crippen LogP contribution >= 0.6 is 0 Å². The van der Waals surface area contributed by atoms with Crippen molar-refractivity contribution in [1.82, 2.24) is 20.2 Å². The fourth-order valence-corrected chi connectivity index (χ4v) is 2.90. The molecule has 2 aromatic heterocycles. The number of nitrogen functional groups attached to an aromatic ring is 1. The van der Waals surface area contributed by atoms with Crippen LogP contribution in [0.2, 0.25) is 0 Å². The van der Waals surface area contributed by atoms with Crippen LogP contribution in [0.3, 0.4) is 0 Å². The van der Waals surface area contributed by atoms with Crippen LogP contribution in [0.25, 0.3) is 11.3 Å². The van der Waals surface area contributed by atoms with Crippen LogP contribution in [0.15, 0.2) is 36.7 Å². The van der Waals surface area contributed by atoms with Gasteiger partial charge in [0, 0.05) is 42.4 Å². The molecular weight excluding hydrogens is 295 g/mol. The average molecular weight is 310 g/mol. The highest BCUT2D eigenvalue weighted by atomic mass is 19.1. The standard InChI is InChI=1S/C16H15FN6/c17-12-4-2-1-3-10(12)16-11-8-23(6-5-13(11)21-22-16)15-7-14(18)19-9-20-15/h1-4,7,9H,5-6,8H2,(H,21,22)(H2,18,19,20). The molecule has 1 aliphatic rings. The lowest BCUT2D eigenvalue weighted by Crippen LogP contribution is -2.31. The number of aromatic amines is 1. The monoisotopic (exact) mass is 310 g/mol. The second kappa shape index (κ2) is 5.35. The Labute approximate surface area is 132 Å². The number of halogens is 1. The maximum atomic E-state index is 14.1. The van der Waals surface area contributed by atoms with Gasteiger partial charge in [0.25, 0.3) is 0 Å². The predicted octanol–water partition coefficient (Wildman–Crippen LogP) is 2.15. The summed E-state index contributed by atoms with van der Waals surface area (Å²) < 4.78 is 14.1. The molecule has 0 atom stereocenters. The molecule has 7 heteroatoms. The first kappa shape index (κ1) is 13.7. The molecule has 0 bridgehead atoms. The molecule has 0 spiro atoms. The van der Waals surface area contributed by atoms with Crippen LogP contribution in [-0.4, -0.2) is 26.7 Å². The van der Waals surface area contributed by atoms with E-state index in [9.17, 15) is 4.39 Å². The third kappa shape index (κ3) is 2.40. The summed E-state index contributed by atoms with van der Waals surface area (Å²) in [6.07, 6.45) is 2.24. The lowest BCUT2D eigenvalue weighted by Gasteiger charge is -2.28. The van der Waals surface area contributed by atoms with Crippen molar-refractivity contribution in [2.45, 2.75) is 13.0 Å². The molecule has 0 amide bonds. The van der Waals surface area contributed by atoms with Crippen LogP contribution < -0.4 is 10.6 Å². The Bertz CT molecular complexity index is 859. The Kier molecular flexibility index (Phi) is 3.18. The first-order chi connectivity index (χ1) is 11.2. The number of benzene rings is 1. The normalized spacial score (nSPS) is 13.9. The minimum Gasteiger partial charge on any atom is -0.384 e. The summed E-state index contributed by atoms with van der Waals surface area (Å²) in [7, 11) is 0. The van der Waals surface area contributed by atoms with Crippen molar-refractivity contribution in [3.8, 4) is 11.3 Å². The summed E-state index contributed by atoms with van der Waals surface area (Å²) in [5, 5.41) is 7.36. The number of hydrogen-bond acceptors (Lipinski definition) is 5. The molecule has 3 heterocycles. The van der Waals surface area contributed by atoms with Crippen molar-refractivity contribution in [2.24, 2.45) is 0 Å². The molecule has 4 rings (SSSR count). The van der Waals surface area contributed by atoms with Crippen LogP contribution in [0.5, 0.6) is 0 Å². The number of hydrogen-bond donors (Lipinski definition) is 2. The molecule has 0 unspecified atom stereocenters. The summed E-state index contributed by atoms with van der Waals surface area (Å²) >= 11 is 0. The Morgan fingerprint density at radius 3 is 2.91 bits per heavy atom. The molecular formula is C16H15FN6. The van der Waals surface area contributed by atoms with Crippen molar-refractivity contribution in [3.05, 3.63) is 53.7 Å². The molecule has 0 aliphatic carbocycles. The number of aromatic nitrogens is 4. The number of nitrogens with zero attached hydrogens (tertiary/aromatic N) is 4. The summed E-state index contributed by atoms with van der Waals surface area (Å²) in [5.41, 5.74) is 8.94. The van der Waals surface area contributed by atoms with E-state index in [2.05, 4.69) is 25.1 Å². The Balaban J connectivity index is 1.72. The fourth-order valence-electron chi connectivity index (χ4n) is 2.90. The average Bonchev–Trinajstić information content (AvgIpc) is 2.98. The smallest absolute Gasteiger partial charge is 0.134 e. The van der Waals surface area contributed by atoms with Gasteiger partial charge in [-0.25, -0.2) is 14.4 Å². The minimum atomic E-state index is -0.273. The molecule has 0 saturated heterocycles. The third-order valence-electron chi connectivity index (χ3n) is 4.06. The topological polar surface area (TPSA) is 83.7 Å². The second-order valence-corrected chi connectivity index (χ2v) is 5.48. The van der Waals surface area contributed by atoms with Gasteiger partial charge in [-0.1, -0.05) is 12.1 Å². The van der Waals surface area contributed by atoms with Gasteiger partial charge in [0.15, 0.2) is 0 Å². The summed E-state index contributed by atoms with van der Waals surface area (Å²) in [6.45, 7) is 1.40. The highest BCUT2D eigenvalue weighted by molar-refractivity contribution is 5.66. The molecule has 0 fully saturated rings. The van der Waals surface area contributed by atoms with Crippen molar-refractivity contribution < 1.29 is 4.39 Å². The van der Waals surface area contributed by atoms with Gasteiger partial charge in [0.1, 0.15) is 29.5 Å². The molecule has 0 radical (unpaired) electrons. The molecule has 1 aromatic carbocycles. The lowest BCUT2D eigenvalue weighted by molar-refractivity contribution is 0.630. The van der Waals surface area contributed by atoms with E-state index in [4.69, 9.17) is 5.73 Å². The molecule has 6 nitrogen and oxygen atoms in total. The number of nitrogens with one attached hydrogen (secondary N) is 1. The molecule has 0 saturated carbocycles. The maximum absolute atomic E-state index is 14.1. The minimum absolute atomic E-state index is 0.273. The first-order valence-corrected chi connectivity index (χ1v) is 7.36. The zero-order valence-corrected chi connectivity index (χ0v) is 12.3. The van der Waals surface area contributed by atoms with E-state index in [1.165, 1.54) is 12.4 Å². The molecule has 1 aliphatic heterocycles. The van der Waals surface area contributed by atoms with Gasteiger partial charge >= 0.3 is 0 Å². The zero-order valence-electron chi connectivity index (χ0n) is 12.3. The van der Waals surface area contributed by atoms with E-state index in [1.54, 1.807) is 18.2 Å². The van der Waals surface area contributed by atoms with Gasteiger partial charge in [-0.3, -0.25) is 5.10 Å². The van der Waals surface area contributed by atoms with Gasteiger partial charge in [0.05, 0.1) is 0 Å². The van der Waals surface area contributed by atoms with Crippen molar-refractivity contribution in [3.63, 3.8) is 0 Å². The van der Waals surface area contributed by atoms with E-state index < -0.39 is 0 Å². The van der Waals surface area contributed by atoms with E-state index in [-0.39, 0.29) is 5.82 Å². The fraction of sp³-hybridized carbons (Fsp3) is 0.188. The van der Waals surface area contributed by atoms with Crippen LogP contribution in [0, 0.1) is 5.82 Å². The molecule has 23 heavy (non-hydrogen) atoms. The van der Waals surface area contributed by atoms with Crippen LogP contribution in [0.4, 0.5) is 16.0 Å². The van der Waals surface area contributed by atoms with E-state index in [0.717, 1.165) is 30.0 Å². The van der Waals surface area contributed by atoms with Crippen LogP contribution in [-0.2, 0) is 13.0 Å². The van der Waals surface area contributed by atoms with Gasteiger partial charge in [0.2, 0.25) is 0 Å². The Morgan fingerprint density at radius 2 is 2.09 bits per heavy atom. The quantitative estimate of drug-likeness (QED) is 0.758. The Hall–Kier alpha value is -2.96. The lowest BCUT2D eigenvalue weighted by atomic mass is 10.0. The van der Waals surface area contributed by atoms with E-state index in [0.29, 0.717) is 23.6 Å². The third-order valence-corrected chi connectivity index (χ3v) is 4.06. The van der Waals surface area contributed by atoms with Gasteiger partial charge in [-0.05, 0) is 12.1 Å². The summed E-state index contributed by atoms with van der Waals surface area (Å²) in [6, 6.07) is 8.42. The molecule has 3 aromatic rings. The van der Waals surface area contributed by atoms with Gasteiger partial charge < -0.3 is 10.6 Å². The van der Waals surface area contributed by atoms with Crippen molar-refractivity contribution >= 4 is 11.6 Å². The van der Waals surface area contributed by atoms with E-state index >= 15 is 0 Å². The SMILES string of the molecule is Nc1cc(N2CCc3[nH]nc(-c4ccccc4F)c3C2)ncn1. The van der Waals surface area contributed by atoms with Crippen LogP contribution in [0.1, 0.15) is 11.3 Å². The summed E-state index contributed by atoms with van der Waals surface area (Å²) in [5.74, 6) is 0.927. The second-order valence-electron chi connectivity index (χ2n) is 5.48. The Morgan fingerprint density at radius 1 is 1.22 bits per heavy atom. The first-order valence-electron chi connectivity index (χ1n) is 7.36. The number of fused-ring (bicyclic) bond motifs is 1. The number of anilines is 2.